The van der Waals surface area contributed by atoms with Crippen LogP contribution in [0.25, 0.3) is 0 Å². The number of rotatable bonds is 3. The summed E-state index contributed by atoms with van der Waals surface area (Å²) in [6.07, 6.45) is 3.56. The summed E-state index contributed by atoms with van der Waals surface area (Å²) in [6, 6.07) is 36.5. The van der Waals surface area contributed by atoms with Crippen LogP contribution in [0.15, 0.2) is 116 Å². The predicted molar refractivity (Wildman–Crippen MR) is 322 cm³/mol. The minimum atomic E-state index is 0. The van der Waals surface area contributed by atoms with E-state index in [-0.39, 0.29) is 23.7 Å². The van der Waals surface area contributed by atoms with Crippen molar-refractivity contribution in [2.75, 3.05) is 0 Å². The Balaban J connectivity index is -0.000000370. The van der Waals surface area contributed by atoms with Gasteiger partial charge in [-0.05, 0) is 140 Å². The van der Waals surface area contributed by atoms with Gasteiger partial charge < -0.3 is 0 Å². The zero-order valence-electron chi connectivity index (χ0n) is 50.5. The van der Waals surface area contributed by atoms with Crippen molar-refractivity contribution in [2.45, 2.75) is 235 Å². The number of aryl methyl sites for hydroxylation is 7. The Labute approximate surface area is 441 Å². The van der Waals surface area contributed by atoms with Gasteiger partial charge in [-0.2, -0.15) is 0 Å². The monoisotopic (exact) mass is 971 g/mol. The molecule has 0 saturated heterocycles. The van der Waals surface area contributed by atoms with E-state index in [0.717, 1.165) is 22.8 Å². The van der Waals surface area contributed by atoms with E-state index in [2.05, 4.69) is 242 Å². The molecule has 0 aliphatic carbocycles. The van der Waals surface area contributed by atoms with Crippen LogP contribution < -0.4 is 0 Å². The van der Waals surface area contributed by atoms with Gasteiger partial charge in [-0.1, -0.05) is 243 Å². The molecule has 398 valence electrons. The van der Waals surface area contributed by atoms with Crippen molar-refractivity contribution in [1.29, 1.82) is 0 Å². The zero-order valence-corrected chi connectivity index (χ0v) is 50.5. The van der Waals surface area contributed by atoms with E-state index < -0.39 is 0 Å². The average Bonchev–Trinajstić information content (AvgIpc) is 3.30. The lowest BCUT2D eigenvalue weighted by Crippen LogP contribution is -2.11. The second-order valence-corrected chi connectivity index (χ2v) is 21.3. The maximum absolute atomic E-state index is 4.37. The average molecular weight is 972 g/mol. The van der Waals surface area contributed by atoms with Crippen molar-refractivity contribution in [2.24, 2.45) is 0 Å². The second-order valence-electron chi connectivity index (χ2n) is 21.3. The third-order valence-corrected chi connectivity index (χ3v) is 10.7. The van der Waals surface area contributed by atoms with Crippen molar-refractivity contribution in [1.82, 2.24) is 19.9 Å². The fourth-order valence-corrected chi connectivity index (χ4v) is 5.87. The van der Waals surface area contributed by atoms with E-state index in [1.807, 2.05) is 80.6 Å². The van der Waals surface area contributed by atoms with Gasteiger partial charge in [0, 0.05) is 34.7 Å². The molecule has 0 N–H and O–H groups in total. The lowest BCUT2D eigenvalue weighted by Gasteiger charge is -2.19. The molecule has 0 amide bonds. The van der Waals surface area contributed by atoms with E-state index in [4.69, 9.17) is 0 Å². The van der Waals surface area contributed by atoms with Crippen LogP contribution >= 0.6 is 0 Å². The Morgan fingerprint density at radius 2 is 0.845 bits per heavy atom. The summed E-state index contributed by atoms with van der Waals surface area (Å²) in [5, 5.41) is 0. The van der Waals surface area contributed by atoms with Gasteiger partial charge in [0.1, 0.15) is 6.33 Å². The highest BCUT2D eigenvalue weighted by Crippen LogP contribution is 2.25. The summed E-state index contributed by atoms with van der Waals surface area (Å²) in [7, 11) is 0. The summed E-state index contributed by atoms with van der Waals surface area (Å²) in [6.45, 7) is 59.6. The maximum Gasteiger partial charge on any atom is 0.115 e. The lowest BCUT2D eigenvalue weighted by molar-refractivity contribution is 0.589. The van der Waals surface area contributed by atoms with E-state index in [1.165, 1.54) is 50.2 Å². The Morgan fingerprint density at radius 3 is 1.20 bits per heavy atom. The van der Waals surface area contributed by atoms with Gasteiger partial charge in [0.15, 0.2) is 0 Å². The van der Waals surface area contributed by atoms with E-state index in [9.17, 15) is 0 Å². The van der Waals surface area contributed by atoms with Crippen LogP contribution in [0.2, 0.25) is 0 Å². The molecule has 4 heteroatoms. The van der Waals surface area contributed by atoms with Crippen LogP contribution in [0.3, 0.4) is 0 Å². The molecule has 0 unspecified atom stereocenters. The summed E-state index contributed by atoms with van der Waals surface area (Å²) in [5.41, 5.74) is 17.4. The number of benzene rings is 3. The van der Waals surface area contributed by atoms with E-state index in [1.54, 1.807) is 6.33 Å². The van der Waals surface area contributed by atoms with Gasteiger partial charge in [-0.25, -0.2) is 9.97 Å². The summed E-state index contributed by atoms with van der Waals surface area (Å²) < 4.78 is 0. The molecule has 3 aromatic heterocycles. The smallest absolute Gasteiger partial charge is 0.115 e. The predicted octanol–water partition coefficient (Wildman–Crippen LogP) is 20.8. The van der Waals surface area contributed by atoms with Crippen molar-refractivity contribution < 1.29 is 0 Å². The number of hydrogen-bond donors (Lipinski definition) is 0. The van der Waals surface area contributed by atoms with Crippen molar-refractivity contribution >= 4 is 0 Å². The first kappa shape index (κ1) is 72.6. The van der Waals surface area contributed by atoms with Crippen LogP contribution in [-0.4, -0.2) is 19.9 Å². The molecule has 71 heavy (non-hydrogen) atoms. The van der Waals surface area contributed by atoms with Gasteiger partial charge in [0.05, 0.1) is 0 Å². The molecule has 4 nitrogen and oxygen atoms in total. The Kier molecular flexibility index (Phi) is 38.6. The lowest BCUT2D eigenvalue weighted by atomic mass is 9.85. The Bertz CT molecular complexity index is 2160. The highest BCUT2D eigenvalue weighted by molar-refractivity contribution is 5.33. The number of aromatic nitrogens is 4. The second kappa shape index (κ2) is 37.8. The molecular formula is C67H110N4. The van der Waals surface area contributed by atoms with Crippen LogP contribution in [-0.2, 0) is 16.2 Å². The number of pyridine rings is 2. The minimum Gasteiger partial charge on any atom is -0.261 e. The minimum absolute atomic E-state index is 0. The van der Waals surface area contributed by atoms with Gasteiger partial charge >= 0.3 is 0 Å². The maximum atomic E-state index is 4.37. The first-order valence-corrected chi connectivity index (χ1v) is 26.4. The van der Waals surface area contributed by atoms with Crippen LogP contribution in [0.1, 0.15) is 244 Å². The fourth-order valence-electron chi connectivity index (χ4n) is 5.87. The van der Waals surface area contributed by atoms with Crippen molar-refractivity contribution in [3.8, 4) is 0 Å². The molecule has 0 aliphatic heterocycles. The molecule has 0 atom stereocenters. The standard InChI is InChI=1S/C12H18.2C11H16.2C9H13N.C8H12N2.3C2H6.CH4/c1-9-6-7-11(8-10(9)2)12(3,4)5;1-9-5-7-10(8-6-9)11(2,3)4;1-9-6-5-7-10(8-9)11(2,3)4;1-7(2)9-5-4-8(3)10-6-9;1-7(2)9-6-4-5-8(3)10-9;1-6(2)8-4-7(3)9-5-10-8;3*1-2;/h6-8H,1-5H3;2*5-8H,1-4H3;2*4-7H,1-3H3;4-6H,1-3H3;3*1-2H3;1H4. The fraction of sp³-hybridized carbons (Fsp3) is 0.522. The third kappa shape index (κ3) is 33.3. The van der Waals surface area contributed by atoms with E-state index in [0.29, 0.717) is 17.8 Å². The largest absolute Gasteiger partial charge is 0.261 e. The summed E-state index contributed by atoms with van der Waals surface area (Å²) in [4.78, 5) is 16.7. The van der Waals surface area contributed by atoms with Crippen molar-refractivity contribution in [3.05, 3.63) is 189 Å². The topological polar surface area (TPSA) is 51.6 Å². The van der Waals surface area contributed by atoms with Gasteiger partial charge in [-0.15, -0.1) is 0 Å². The van der Waals surface area contributed by atoms with Gasteiger partial charge in [0.2, 0.25) is 0 Å². The molecule has 0 bridgehead atoms. The molecular weight excluding hydrogens is 861 g/mol. The Morgan fingerprint density at radius 1 is 0.366 bits per heavy atom. The molecule has 6 aromatic rings. The molecule has 0 aliphatic rings. The first-order chi connectivity index (χ1) is 32.5. The van der Waals surface area contributed by atoms with Gasteiger partial charge in [0.25, 0.3) is 0 Å². The molecule has 0 fully saturated rings. The zero-order chi connectivity index (χ0) is 55.0. The normalized spacial score (nSPS) is 10.2. The summed E-state index contributed by atoms with van der Waals surface area (Å²) >= 11 is 0. The van der Waals surface area contributed by atoms with Gasteiger partial charge in [-0.3, -0.25) is 9.97 Å². The first-order valence-electron chi connectivity index (χ1n) is 26.4. The Hall–Kier alpha value is -4.96. The SMILES string of the molecule is C.CC.CC.CC.Cc1cc(C(C)C)ncn1.Cc1ccc(C(C)(C)C)cc1.Cc1ccc(C(C)(C)C)cc1C.Cc1ccc(C(C)C)cn1.Cc1cccc(C(C)(C)C)c1.Cc1cccc(C(C)C)n1. The quantitative estimate of drug-likeness (QED) is 0.177. The molecule has 3 heterocycles. The molecule has 3 aromatic carbocycles. The van der Waals surface area contributed by atoms with Crippen LogP contribution in [0.5, 0.6) is 0 Å². The van der Waals surface area contributed by atoms with Crippen LogP contribution in [0.4, 0.5) is 0 Å². The highest BCUT2D eigenvalue weighted by atomic mass is 14.8. The molecule has 0 radical (unpaired) electrons. The van der Waals surface area contributed by atoms with Crippen molar-refractivity contribution in [3.63, 3.8) is 0 Å². The van der Waals surface area contributed by atoms with Crippen LogP contribution in [0, 0.1) is 48.5 Å². The highest BCUT2D eigenvalue weighted by Gasteiger charge is 2.14. The third-order valence-electron chi connectivity index (χ3n) is 10.7. The summed E-state index contributed by atoms with van der Waals surface area (Å²) in [5.74, 6) is 1.63. The number of hydrogen-bond acceptors (Lipinski definition) is 4. The molecule has 0 spiro atoms. The molecule has 6 rings (SSSR count). The number of nitrogens with zero attached hydrogens (tertiary/aromatic N) is 4. The van der Waals surface area contributed by atoms with E-state index >= 15 is 0 Å². The molecule has 0 saturated carbocycles.